The number of anilines is 1. The van der Waals surface area contributed by atoms with Crippen molar-refractivity contribution in [2.24, 2.45) is 0 Å². The van der Waals surface area contributed by atoms with E-state index < -0.39 is 40.8 Å². The normalized spacial score (nSPS) is 22.9. The third-order valence-corrected chi connectivity index (χ3v) is 4.91. The van der Waals surface area contributed by atoms with Gasteiger partial charge in [0.15, 0.2) is 0 Å². The highest BCUT2D eigenvalue weighted by Gasteiger charge is 2.47. The van der Waals surface area contributed by atoms with Gasteiger partial charge in [-0.2, -0.15) is 0 Å². The molecule has 1 fully saturated rings. The van der Waals surface area contributed by atoms with E-state index in [4.69, 9.17) is 0 Å². The van der Waals surface area contributed by atoms with Gasteiger partial charge in [0.25, 0.3) is 0 Å². The standard InChI is InChI=1S/C19H19F4N/c1-11-12(17-13(20)6-4-7-14(17)21)10-19(2,3)24(11)18-15(22)8-5-9-16(18)23/h4-9,11-12H,10H2,1-3H3. The first-order valence-corrected chi connectivity index (χ1v) is 7.91. The maximum atomic E-state index is 14.3. The van der Waals surface area contributed by atoms with Crippen LogP contribution >= 0.6 is 0 Å². The summed E-state index contributed by atoms with van der Waals surface area (Å²) in [6.07, 6.45) is 0.389. The molecule has 1 nitrogen and oxygen atoms in total. The van der Waals surface area contributed by atoms with Crippen molar-refractivity contribution in [3.63, 3.8) is 0 Å². The lowest BCUT2D eigenvalue weighted by molar-refractivity contribution is 0.474. The summed E-state index contributed by atoms with van der Waals surface area (Å²) < 4.78 is 57.0. The maximum Gasteiger partial charge on any atom is 0.149 e. The molecule has 2 aromatic carbocycles. The summed E-state index contributed by atoms with van der Waals surface area (Å²) in [5.74, 6) is -3.11. The van der Waals surface area contributed by atoms with Crippen molar-refractivity contribution in [2.75, 3.05) is 4.90 Å². The molecule has 0 spiro atoms. The van der Waals surface area contributed by atoms with Gasteiger partial charge < -0.3 is 4.90 Å². The van der Waals surface area contributed by atoms with Crippen LogP contribution < -0.4 is 4.90 Å². The zero-order valence-corrected chi connectivity index (χ0v) is 13.8. The van der Waals surface area contributed by atoms with Crippen LogP contribution in [0.3, 0.4) is 0 Å². The smallest absolute Gasteiger partial charge is 0.149 e. The minimum absolute atomic E-state index is 0.0164. The molecular formula is C19H19F4N. The van der Waals surface area contributed by atoms with Crippen molar-refractivity contribution >= 4 is 5.69 Å². The highest BCUT2D eigenvalue weighted by Crippen LogP contribution is 2.48. The lowest BCUT2D eigenvalue weighted by Gasteiger charge is -2.37. The van der Waals surface area contributed by atoms with Gasteiger partial charge in [0, 0.05) is 23.1 Å². The average molecular weight is 337 g/mol. The molecule has 0 aliphatic carbocycles. The molecule has 0 radical (unpaired) electrons. The molecule has 0 aromatic heterocycles. The highest BCUT2D eigenvalue weighted by molar-refractivity contribution is 5.55. The van der Waals surface area contributed by atoms with Crippen LogP contribution in [0.15, 0.2) is 36.4 Å². The molecule has 1 saturated heterocycles. The van der Waals surface area contributed by atoms with Crippen molar-refractivity contribution in [3.05, 3.63) is 65.2 Å². The number of para-hydroxylation sites is 1. The van der Waals surface area contributed by atoms with Gasteiger partial charge >= 0.3 is 0 Å². The Balaban J connectivity index is 2.11. The zero-order chi connectivity index (χ0) is 17.6. The van der Waals surface area contributed by atoms with Crippen LogP contribution in [-0.2, 0) is 0 Å². The molecule has 5 heteroatoms. The minimum Gasteiger partial charge on any atom is -0.358 e. The first-order valence-electron chi connectivity index (χ1n) is 7.91. The number of hydrogen-bond donors (Lipinski definition) is 0. The van der Waals surface area contributed by atoms with E-state index in [2.05, 4.69) is 0 Å². The number of rotatable bonds is 2. The second kappa shape index (κ2) is 5.80. The van der Waals surface area contributed by atoms with E-state index in [-0.39, 0.29) is 11.3 Å². The topological polar surface area (TPSA) is 3.24 Å². The Bertz CT molecular complexity index is 731. The molecule has 0 amide bonds. The molecule has 1 aliphatic heterocycles. The van der Waals surface area contributed by atoms with Crippen molar-refractivity contribution in [2.45, 2.75) is 44.7 Å². The summed E-state index contributed by atoms with van der Waals surface area (Å²) in [5, 5.41) is 0. The molecule has 2 atom stereocenters. The molecule has 1 heterocycles. The molecule has 2 unspecified atom stereocenters. The number of halogens is 4. The number of benzene rings is 2. The van der Waals surface area contributed by atoms with Crippen molar-refractivity contribution < 1.29 is 17.6 Å². The third kappa shape index (κ3) is 2.56. The summed E-state index contributed by atoms with van der Waals surface area (Å²) >= 11 is 0. The van der Waals surface area contributed by atoms with E-state index in [9.17, 15) is 17.6 Å². The van der Waals surface area contributed by atoms with E-state index in [1.165, 1.54) is 36.4 Å². The van der Waals surface area contributed by atoms with Gasteiger partial charge in [-0.25, -0.2) is 17.6 Å². The quantitative estimate of drug-likeness (QED) is 0.663. The van der Waals surface area contributed by atoms with Crippen molar-refractivity contribution in [3.8, 4) is 0 Å². The first-order chi connectivity index (χ1) is 11.2. The van der Waals surface area contributed by atoms with Gasteiger partial charge in [0.05, 0.1) is 0 Å². The zero-order valence-electron chi connectivity index (χ0n) is 13.8. The second-order valence-electron chi connectivity index (χ2n) is 6.94. The lowest BCUT2D eigenvalue weighted by Crippen LogP contribution is -2.43. The van der Waals surface area contributed by atoms with Crippen LogP contribution in [0.25, 0.3) is 0 Å². The monoisotopic (exact) mass is 337 g/mol. The minimum atomic E-state index is -0.676. The SMILES string of the molecule is CC1C(c2c(F)cccc2F)CC(C)(C)N1c1c(F)cccc1F. The van der Waals surface area contributed by atoms with Gasteiger partial charge in [-0.3, -0.25) is 0 Å². The Kier molecular flexibility index (Phi) is 4.06. The van der Waals surface area contributed by atoms with E-state index in [1.807, 2.05) is 13.8 Å². The maximum absolute atomic E-state index is 14.3. The molecular weight excluding hydrogens is 318 g/mol. The van der Waals surface area contributed by atoms with Crippen LogP contribution in [0.2, 0.25) is 0 Å². The largest absolute Gasteiger partial charge is 0.358 e. The third-order valence-electron chi connectivity index (χ3n) is 4.91. The Morgan fingerprint density at radius 3 is 1.83 bits per heavy atom. The second-order valence-corrected chi connectivity index (χ2v) is 6.94. The van der Waals surface area contributed by atoms with Crippen molar-refractivity contribution in [1.29, 1.82) is 0 Å². The van der Waals surface area contributed by atoms with E-state index in [0.717, 1.165) is 0 Å². The summed E-state index contributed by atoms with van der Waals surface area (Å²) in [5.41, 5.74) is -0.812. The predicted molar refractivity (Wildman–Crippen MR) is 86.1 cm³/mol. The van der Waals surface area contributed by atoms with Crippen molar-refractivity contribution in [1.82, 2.24) is 0 Å². The van der Waals surface area contributed by atoms with E-state index in [1.54, 1.807) is 11.8 Å². The van der Waals surface area contributed by atoms with Crippen LogP contribution in [-0.4, -0.2) is 11.6 Å². The van der Waals surface area contributed by atoms with Gasteiger partial charge in [0.1, 0.15) is 29.0 Å². The predicted octanol–water partition coefficient (Wildman–Crippen LogP) is 5.40. The highest BCUT2D eigenvalue weighted by atomic mass is 19.1. The Morgan fingerprint density at radius 1 is 0.875 bits per heavy atom. The molecule has 24 heavy (non-hydrogen) atoms. The Morgan fingerprint density at radius 2 is 1.33 bits per heavy atom. The fraction of sp³-hybridized carbons (Fsp3) is 0.368. The summed E-state index contributed by atoms with van der Waals surface area (Å²) in [7, 11) is 0. The first kappa shape index (κ1) is 16.8. The summed E-state index contributed by atoms with van der Waals surface area (Å²) in [6.45, 7) is 5.40. The fourth-order valence-corrected chi connectivity index (χ4v) is 3.97. The van der Waals surface area contributed by atoms with E-state index in [0.29, 0.717) is 6.42 Å². The van der Waals surface area contributed by atoms with Gasteiger partial charge in [0.2, 0.25) is 0 Å². The molecule has 0 bridgehead atoms. The molecule has 128 valence electrons. The number of nitrogens with zero attached hydrogens (tertiary/aromatic N) is 1. The van der Waals surface area contributed by atoms with Crippen LogP contribution in [0.1, 0.15) is 38.7 Å². The van der Waals surface area contributed by atoms with E-state index >= 15 is 0 Å². The molecule has 0 N–H and O–H groups in total. The molecule has 1 aliphatic rings. The van der Waals surface area contributed by atoms with Gasteiger partial charge in [-0.05, 0) is 51.5 Å². The Labute approximate surface area is 138 Å². The number of hydrogen-bond acceptors (Lipinski definition) is 1. The average Bonchev–Trinajstić information content (AvgIpc) is 2.70. The van der Waals surface area contributed by atoms with Gasteiger partial charge in [-0.15, -0.1) is 0 Å². The fourth-order valence-electron chi connectivity index (χ4n) is 3.97. The Hall–Kier alpha value is -2.04. The summed E-state index contributed by atoms with van der Waals surface area (Å²) in [4.78, 5) is 1.61. The van der Waals surface area contributed by atoms with Crippen LogP contribution in [0, 0.1) is 23.3 Å². The molecule has 2 aromatic rings. The van der Waals surface area contributed by atoms with Gasteiger partial charge in [-0.1, -0.05) is 12.1 Å². The molecule has 3 rings (SSSR count). The van der Waals surface area contributed by atoms with Crippen LogP contribution in [0.4, 0.5) is 23.2 Å². The van der Waals surface area contributed by atoms with Crippen LogP contribution in [0.5, 0.6) is 0 Å². The molecule has 0 saturated carbocycles. The lowest BCUT2D eigenvalue weighted by atomic mass is 9.87. The summed E-state index contributed by atoms with van der Waals surface area (Å²) in [6, 6.07) is 6.96.